The highest BCUT2D eigenvalue weighted by Crippen LogP contribution is 2.26. The van der Waals surface area contributed by atoms with Crippen LogP contribution in [0.2, 0.25) is 0 Å². The van der Waals surface area contributed by atoms with Crippen molar-refractivity contribution >= 4 is 11.6 Å². The van der Waals surface area contributed by atoms with Crippen molar-refractivity contribution in [3.63, 3.8) is 0 Å². The number of hydrogen-bond acceptors (Lipinski definition) is 2. The summed E-state index contributed by atoms with van der Waals surface area (Å²) in [6.07, 6.45) is 0.823. The molecule has 0 saturated heterocycles. The van der Waals surface area contributed by atoms with Crippen LogP contribution < -0.4 is 11.1 Å². The van der Waals surface area contributed by atoms with Gasteiger partial charge in [0.15, 0.2) is 0 Å². The van der Waals surface area contributed by atoms with Crippen molar-refractivity contribution in [1.29, 1.82) is 0 Å². The van der Waals surface area contributed by atoms with E-state index in [-0.39, 0.29) is 18.3 Å². The van der Waals surface area contributed by atoms with Crippen molar-refractivity contribution in [2.24, 2.45) is 5.73 Å². The molecule has 1 heterocycles. The van der Waals surface area contributed by atoms with Gasteiger partial charge in [0.25, 0.3) is 0 Å². The van der Waals surface area contributed by atoms with Gasteiger partial charge in [-0.15, -0.1) is 0 Å². The maximum Gasteiger partial charge on any atom is 0.224 e. The summed E-state index contributed by atoms with van der Waals surface area (Å²) >= 11 is 0. The van der Waals surface area contributed by atoms with Gasteiger partial charge in [0.2, 0.25) is 5.91 Å². The second-order valence-corrected chi connectivity index (χ2v) is 3.36. The van der Waals surface area contributed by atoms with Gasteiger partial charge < -0.3 is 11.1 Å². The number of rotatable bonds is 1. The number of carbonyl (C=O) groups excluding carboxylic acids is 1. The second-order valence-electron chi connectivity index (χ2n) is 3.36. The Morgan fingerprint density at radius 2 is 2.06 bits per heavy atom. The van der Waals surface area contributed by atoms with Gasteiger partial charge in [0.05, 0.1) is 0 Å². The first-order chi connectivity index (χ1) is 7.70. The Hall–Kier alpha value is -1.42. The lowest BCUT2D eigenvalue weighted by Crippen LogP contribution is -2.20. The fraction of sp³-hybridized carbons (Fsp3) is 0.417. The summed E-state index contributed by atoms with van der Waals surface area (Å²) in [5.41, 5.74) is 7.26. The Labute approximate surface area is 94.8 Å². The highest BCUT2D eigenvalue weighted by molar-refractivity contribution is 5.94. The van der Waals surface area contributed by atoms with E-state index in [1.54, 1.807) is 6.07 Å². The average Bonchev–Trinajstić information content (AvgIpc) is 2.30. The molecule has 0 fully saturated rings. The molecule has 3 N–H and O–H groups in total. The minimum Gasteiger partial charge on any atom is -0.326 e. The molecule has 2 rings (SSSR count). The summed E-state index contributed by atoms with van der Waals surface area (Å²) in [6, 6.07) is 3.16. The van der Waals surface area contributed by atoms with Crippen molar-refractivity contribution in [3.8, 4) is 0 Å². The van der Waals surface area contributed by atoms with E-state index < -0.39 is 0 Å². The quantitative estimate of drug-likeness (QED) is 0.768. The number of anilines is 1. The van der Waals surface area contributed by atoms with Crippen molar-refractivity contribution < 1.29 is 9.18 Å². The predicted octanol–water partition coefficient (Wildman–Crippen LogP) is 2.20. The molecule has 88 valence electrons. The Bertz CT molecular complexity index is 391. The molecule has 0 unspecified atom stereocenters. The van der Waals surface area contributed by atoms with E-state index in [1.807, 2.05) is 13.8 Å². The number of hydrogen-bond donors (Lipinski definition) is 2. The van der Waals surface area contributed by atoms with E-state index in [4.69, 9.17) is 5.73 Å². The number of nitrogens with two attached hydrogens (primary N) is 1. The SMILES string of the molecule is CC.NCc1cc(F)c2c(c1)NC(=O)CC2. The number of fused-ring (bicyclic) bond motifs is 1. The molecule has 4 heteroatoms. The fourth-order valence-corrected chi connectivity index (χ4v) is 1.63. The van der Waals surface area contributed by atoms with E-state index >= 15 is 0 Å². The van der Waals surface area contributed by atoms with Crippen LogP contribution in [0.5, 0.6) is 0 Å². The van der Waals surface area contributed by atoms with Gasteiger partial charge in [0, 0.05) is 24.2 Å². The Balaban J connectivity index is 0.000000606. The molecule has 0 atom stereocenters. The zero-order chi connectivity index (χ0) is 12.1. The molecule has 0 saturated carbocycles. The first kappa shape index (κ1) is 12.6. The standard InChI is InChI=1S/C10H11FN2O.C2H6/c11-8-3-6(5-12)4-9-7(8)1-2-10(14)13-9;1-2/h3-4H,1-2,5,12H2,(H,13,14);1-2H3. The van der Waals surface area contributed by atoms with Gasteiger partial charge in [-0.2, -0.15) is 0 Å². The Kier molecular flexibility index (Phi) is 4.43. The van der Waals surface area contributed by atoms with Crippen LogP contribution in [-0.4, -0.2) is 5.91 Å². The largest absolute Gasteiger partial charge is 0.326 e. The van der Waals surface area contributed by atoms with E-state index in [1.165, 1.54) is 6.07 Å². The second kappa shape index (κ2) is 5.61. The monoisotopic (exact) mass is 224 g/mol. The van der Waals surface area contributed by atoms with E-state index in [2.05, 4.69) is 5.32 Å². The average molecular weight is 224 g/mol. The molecule has 0 spiro atoms. The lowest BCUT2D eigenvalue weighted by Gasteiger charge is -2.18. The molecular weight excluding hydrogens is 207 g/mol. The topological polar surface area (TPSA) is 55.1 Å². The lowest BCUT2D eigenvalue weighted by molar-refractivity contribution is -0.116. The van der Waals surface area contributed by atoms with Gasteiger partial charge in [0.1, 0.15) is 5.82 Å². The molecule has 0 aromatic heterocycles. The van der Waals surface area contributed by atoms with Crippen molar-refractivity contribution in [1.82, 2.24) is 0 Å². The first-order valence-electron chi connectivity index (χ1n) is 5.52. The van der Waals surface area contributed by atoms with Crippen LogP contribution in [0.3, 0.4) is 0 Å². The molecule has 3 nitrogen and oxygen atoms in total. The Morgan fingerprint density at radius 1 is 1.38 bits per heavy atom. The summed E-state index contributed by atoms with van der Waals surface area (Å²) in [5, 5.41) is 2.64. The fourth-order valence-electron chi connectivity index (χ4n) is 1.63. The van der Waals surface area contributed by atoms with Crippen LogP contribution in [0, 0.1) is 5.82 Å². The third-order valence-electron chi connectivity index (χ3n) is 2.37. The minimum absolute atomic E-state index is 0.0638. The Morgan fingerprint density at radius 3 is 2.69 bits per heavy atom. The van der Waals surface area contributed by atoms with Crippen molar-refractivity contribution in [2.75, 3.05) is 5.32 Å². The van der Waals surface area contributed by atoms with Crippen LogP contribution >= 0.6 is 0 Å². The predicted molar refractivity (Wildman–Crippen MR) is 62.6 cm³/mol. The van der Waals surface area contributed by atoms with Gasteiger partial charge in [-0.1, -0.05) is 13.8 Å². The number of nitrogens with one attached hydrogen (secondary N) is 1. The van der Waals surface area contributed by atoms with Gasteiger partial charge in [-0.3, -0.25) is 4.79 Å². The molecule has 1 aliphatic heterocycles. The molecule has 1 aromatic carbocycles. The van der Waals surface area contributed by atoms with Crippen LogP contribution in [0.15, 0.2) is 12.1 Å². The molecule has 1 aromatic rings. The van der Waals surface area contributed by atoms with Crippen LogP contribution in [0.4, 0.5) is 10.1 Å². The molecule has 1 amide bonds. The highest BCUT2D eigenvalue weighted by atomic mass is 19.1. The summed E-state index contributed by atoms with van der Waals surface area (Å²) < 4.78 is 13.4. The van der Waals surface area contributed by atoms with E-state index in [0.29, 0.717) is 29.7 Å². The molecule has 1 aliphatic rings. The van der Waals surface area contributed by atoms with Crippen LogP contribution in [0.1, 0.15) is 31.4 Å². The summed E-state index contributed by atoms with van der Waals surface area (Å²) in [4.78, 5) is 11.1. The summed E-state index contributed by atoms with van der Waals surface area (Å²) in [7, 11) is 0. The third kappa shape index (κ3) is 2.58. The highest BCUT2D eigenvalue weighted by Gasteiger charge is 2.18. The summed E-state index contributed by atoms with van der Waals surface area (Å²) in [5.74, 6) is -0.339. The van der Waals surface area contributed by atoms with Crippen LogP contribution in [0.25, 0.3) is 0 Å². The summed E-state index contributed by atoms with van der Waals surface area (Å²) in [6.45, 7) is 4.28. The molecule has 16 heavy (non-hydrogen) atoms. The number of benzene rings is 1. The molecule has 0 aliphatic carbocycles. The van der Waals surface area contributed by atoms with Crippen molar-refractivity contribution in [2.45, 2.75) is 33.2 Å². The zero-order valence-corrected chi connectivity index (χ0v) is 9.64. The minimum atomic E-state index is -0.275. The smallest absolute Gasteiger partial charge is 0.224 e. The molecule has 0 bridgehead atoms. The lowest BCUT2D eigenvalue weighted by atomic mass is 10.00. The maximum absolute atomic E-state index is 13.4. The normalized spacial score (nSPS) is 13.4. The van der Waals surface area contributed by atoms with E-state index in [0.717, 1.165) is 0 Å². The molecular formula is C12H17FN2O. The zero-order valence-electron chi connectivity index (χ0n) is 9.64. The van der Waals surface area contributed by atoms with Crippen molar-refractivity contribution in [3.05, 3.63) is 29.1 Å². The number of amides is 1. The van der Waals surface area contributed by atoms with Gasteiger partial charge in [-0.05, 0) is 24.1 Å². The van der Waals surface area contributed by atoms with Gasteiger partial charge >= 0.3 is 0 Å². The third-order valence-corrected chi connectivity index (χ3v) is 2.37. The number of halogens is 1. The maximum atomic E-state index is 13.4. The van der Waals surface area contributed by atoms with E-state index in [9.17, 15) is 9.18 Å². The van der Waals surface area contributed by atoms with Crippen LogP contribution in [-0.2, 0) is 17.8 Å². The molecule has 0 radical (unpaired) electrons. The number of carbonyl (C=O) groups is 1. The van der Waals surface area contributed by atoms with Gasteiger partial charge in [-0.25, -0.2) is 4.39 Å². The first-order valence-corrected chi connectivity index (χ1v) is 5.52.